The molecule has 1 saturated heterocycles. The molecule has 2 aromatic rings. The molecule has 0 unspecified atom stereocenters. The third-order valence-electron chi connectivity index (χ3n) is 5.98. The van der Waals surface area contributed by atoms with E-state index in [-0.39, 0.29) is 22.7 Å². The summed E-state index contributed by atoms with van der Waals surface area (Å²) in [5.41, 5.74) is 1.59. The van der Waals surface area contributed by atoms with E-state index in [0.29, 0.717) is 11.7 Å². The van der Waals surface area contributed by atoms with Gasteiger partial charge in [-0.2, -0.15) is 0 Å². The van der Waals surface area contributed by atoms with Crippen LogP contribution in [0, 0.1) is 10.1 Å². The molecule has 2 atom stereocenters. The van der Waals surface area contributed by atoms with Gasteiger partial charge in [0.1, 0.15) is 0 Å². The zero-order chi connectivity index (χ0) is 22.4. The van der Waals surface area contributed by atoms with E-state index >= 15 is 0 Å². The van der Waals surface area contributed by atoms with Crippen LogP contribution >= 0.6 is 11.6 Å². The number of likely N-dealkylation sites (tertiary alicyclic amines) is 1. The van der Waals surface area contributed by atoms with Gasteiger partial charge in [-0.15, -0.1) is 0 Å². The maximum Gasteiger partial charge on any atom is 0.271 e. The van der Waals surface area contributed by atoms with Gasteiger partial charge in [-0.3, -0.25) is 24.7 Å². The molecule has 0 radical (unpaired) electrons. The molecular formula is C23H29ClN4O3. The van der Waals surface area contributed by atoms with E-state index in [9.17, 15) is 14.9 Å². The van der Waals surface area contributed by atoms with E-state index in [4.69, 9.17) is 11.6 Å². The number of hydrogen-bond acceptors (Lipinski definition) is 5. The van der Waals surface area contributed by atoms with Crippen LogP contribution < -0.4 is 5.32 Å². The Morgan fingerprint density at radius 2 is 2.00 bits per heavy atom. The molecule has 166 valence electrons. The highest BCUT2D eigenvalue weighted by molar-refractivity contribution is 6.34. The van der Waals surface area contributed by atoms with Crippen LogP contribution in [-0.2, 0) is 11.3 Å². The SMILES string of the molecule is C[C@@H](C(=O)Nc1ccc([N+](=O)[O-])cc1Cl)N1CCC[C@@H](N(C)Cc2ccccc2)CC1. The number of nitrogens with one attached hydrogen (secondary N) is 1. The lowest BCUT2D eigenvalue weighted by Crippen LogP contribution is -2.43. The lowest BCUT2D eigenvalue weighted by Gasteiger charge is -2.29. The van der Waals surface area contributed by atoms with Gasteiger partial charge in [0.05, 0.1) is 21.7 Å². The molecule has 0 saturated carbocycles. The first-order chi connectivity index (χ1) is 14.8. The number of carbonyl (C=O) groups excluding carboxylic acids is 1. The van der Waals surface area contributed by atoms with Gasteiger partial charge in [-0.1, -0.05) is 41.9 Å². The van der Waals surface area contributed by atoms with Crippen LogP contribution in [0.15, 0.2) is 48.5 Å². The number of rotatable bonds is 7. The van der Waals surface area contributed by atoms with Gasteiger partial charge < -0.3 is 5.32 Å². The average molecular weight is 445 g/mol. The van der Waals surface area contributed by atoms with E-state index in [1.54, 1.807) is 0 Å². The molecule has 1 N–H and O–H groups in total. The number of nitro benzene ring substituents is 1. The van der Waals surface area contributed by atoms with Crippen LogP contribution in [0.1, 0.15) is 31.7 Å². The summed E-state index contributed by atoms with van der Waals surface area (Å²) in [7, 11) is 2.17. The second-order valence-electron chi connectivity index (χ2n) is 8.11. The fourth-order valence-corrected chi connectivity index (χ4v) is 4.27. The summed E-state index contributed by atoms with van der Waals surface area (Å²) in [6.07, 6.45) is 3.13. The first-order valence-electron chi connectivity index (χ1n) is 10.6. The molecule has 31 heavy (non-hydrogen) atoms. The number of hydrogen-bond donors (Lipinski definition) is 1. The Kier molecular flexibility index (Phi) is 8.01. The molecule has 0 aliphatic carbocycles. The van der Waals surface area contributed by atoms with Crippen molar-refractivity contribution in [3.05, 3.63) is 69.2 Å². The van der Waals surface area contributed by atoms with Gasteiger partial charge in [-0.05, 0) is 51.4 Å². The quantitative estimate of drug-likeness (QED) is 0.500. The van der Waals surface area contributed by atoms with E-state index in [0.717, 1.165) is 38.9 Å². The zero-order valence-corrected chi connectivity index (χ0v) is 18.7. The highest BCUT2D eigenvalue weighted by Gasteiger charge is 2.27. The number of nitrogens with zero attached hydrogens (tertiary/aromatic N) is 3. The van der Waals surface area contributed by atoms with Gasteiger partial charge in [-0.25, -0.2) is 0 Å². The predicted molar refractivity (Wildman–Crippen MR) is 123 cm³/mol. The number of benzene rings is 2. The van der Waals surface area contributed by atoms with Crippen LogP contribution in [0.25, 0.3) is 0 Å². The number of amides is 1. The fraction of sp³-hybridized carbons (Fsp3) is 0.435. The Labute approximate surface area is 188 Å². The van der Waals surface area contributed by atoms with Crippen molar-refractivity contribution in [2.24, 2.45) is 0 Å². The maximum absolute atomic E-state index is 12.8. The van der Waals surface area contributed by atoms with Gasteiger partial charge >= 0.3 is 0 Å². The van der Waals surface area contributed by atoms with E-state index in [1.807, 2.05) is 13.0 Å². The number of nitro groups is 1. The molecular weight excluding hydrogens is 416 g/mol. The lowest BCUT2D eigenvalue weighted by atomic mass is 10.1. The molecule has 7 nitrogen and oxygen atoms in total. The van der Waals surface area contributed by atoms with Crippen LogP contribution in [0.2, 0.25) is 5.02 Å². The van der Waals surface area contributed by atoms with E-state index in [2.05, 4.69) is 46.4 Å². The minimum Gasteiger partial charge on any atom is -0.323 e. The summed E-state index contributed by atoms with van der Waals surface area (Å²) < 4.78 is 0. The van der Waals surface area contributed by atoms with Gasteiger partial charge in [0, 0.05) is 31.3 Å². The van der Waals surface area contributed by atoms with Crippen LogP contribution in [0.3, 0.4) is 0 Å². The molecule has 1 aliphatic heterocycles. The summed E-state index contributed by atoms with van der Waals surface area (Å²) in [5, 5.41) is 13.8. The summed E-state index contributed by atoms with van der Waals surface area (Å²) in [6.45, 7) is 4.51. The van der Waals surface area contributed by atoms with Crippen molar-refractivity contribution in [2.75, 3.05) is 25.5 Å². The van der Waals surface area contributed by atoms with Crippen LogP contribution in [0.5, 0.6) is 0 Å². The number of halogens is 1. The van der Waals surface area contributed by atoms with Gasteiger partial charge in [0.25, 0.3) is 5.69 Å². The minimum absolute atomic E-state index is 0.103. The second-order valence-corrected chi connectivity index (χ2v) is 8.52. The Morgan fingerprint density at radius 1 is 1.26 bits per heavy atom. The summed E-state index contributed by atoms with van der Waals surface area (Å²) >= 11 is 6.12. The highest BCUT2D eigenvalue weighted by Crippen LogP contribution is 2.27. The third-order valence-corrected chi connectivity index (χ3v) is 6.29. The van der Waals surface area contributed by atoms with Crippen molar-refractivity contribution in [1.82, 2.24) is 9.80 Å². The average Bonchev–Trinajstić information content (AvgIpc) is 3.01. The standard InChI is InChI=1S/C23H29ClN4O3/c1-17(23(29)25-22-11-10-20(28(30)31)15-21(22)24)27-13-6-9-19(12-14-27)26(2)16-18-7-4-3-5-8-18/h3-5,7-8,10-11,15,17,19H,6,9,12-14,16H2,1-2H3,(H,25,29)/t17-,19+/m0/s1. The van der Waals surface area contributed by atoms with Crippen molar-refractivity contribution in [3.8, 4) is 0 Å². The number of carbonyl (C=O) groups is 1. The van der Waals surface area contributed by atoms with Crippen molar-refractivity contribution in [3.63, 3.8) is 0 Å². The van der Waals surface area contributed by atoms with Crippen molar-refractivity contribution in [1.29, 1.82) is 0 Å². The molecule has 0 spiro atoms. The normalized spacial score (nSPS) is 18.4. The molecule has 8 heteroatoms. The second kappa shape index (κ2) is 10.7. The molecule has 3 rings (SSSR count). The first-order valence-corrected chi connectivity index (χ1v) is 11.0. The number of anilines is 1. The molecule has 2 aromatic carbocycles. The molecule has 1 aliphatic rings. The van der Waals surface area contributed by atoms with Gasteiger partial charge in [0.15, 0.2) is 0 Å². The van der Waals surface area contributed by atoms with Crippen molar-refractivity contribution in [2.45, 2.75) is 44.8 Å². The Hall–Kier alpha value is -2.48. The van der Waals surface area contributed by atoms with Crippen molar-refractivity contribution < 1.29 is 9.72 Å². The maximum atomic E-state index is 12.8. The largest absolute Gasteiger partial charge is 0.323 e. The number of non-ortho nitro benzene ring substituents is 1. The van der Waals surface area contributed by atoms with E-state index in [1.165, 1.54) is 23.8 Å². The summed E-state index contributed by atoms with van der Waals surface area (Å²) in [6, 6.07) is 14.7. The molecule has 1 amide bonds. The Balaban J connectivity index is 1.55. The molecule has 0 bridgehead atoms. The molecule has 1 heterocycles. The van der Waals surface area contributed by atoms with Crippen LogP contribution in [0.4, 0.5) is 11.4 Å². The zero-order valence-electron chi connectivity index (χ0n) is 18.0. The van der Waals surface area contributed by atoms with Gasteiger partial charge in [0.2, 0.25) is 5.91 Å². The van der Waals surface area contributed by atoms with E-state index < -0.39 is 4.92 Å². The third kappa shape index (κ3) is 6.26. The van der Waals surface area contributed by atoms with Crippen LogP contribution in [-0.4, -0.2) is 52.9 Å². The van der Waals surface area contributed by atoms with Crippen molar-refractivity contribution >= 4 is 28.9 Å². The predicted octanol–water partition coefficient (Wildman–Crippen LogP) is 4.56. The monoisotopic (exact) mass is 444 g/mol. The minimum atomic E-state index is -0.511. The first kappa shape index (κ1) is 23.2. The fourth-order valence-electron chi connectivity index (χ4n) is 4.05. The Bertz CT molecular complexity index is 909. The summed E-state index contributed by atoms with van der Waals surface area (Å²) in [4.78, 5) is 27.7. The topological polar surface area (TPSA) is 78.7 Å². The Morgan fingerprint density at radius 3 is 2.68 bits per heavy atom. The smallest absolute Gasteiger partial charge is 0.271 e. The molecule has 1 fully saturated rings. The molecule has 0 aromatic heterocycles. The lowest BCUT2D eigenvalue weighted by molar-refractivity contribution is -0.384. The highest BCUT2D eigenvalue weighted by atomic mass is 35.5. The summed E-state index contributed by atoms with van der Waals surface area (Å²) in [5.74, 6) is -0.160.